The number of carbonyl (C=O) groups excluding carboxylic acids is 1. The molecule has 0 aromatic heterocycles. The van der Waals surface area contributed by atoms with Crippen molar-refractivity contribution in [2.45, 2.75) is 58.5 Å². The third-order valence-corrected chi connectivity index (χ3v) is 7.38. The molecule has 0 unspecified atom stereocenters. The van der Waals surface area contributed by atoms with Gasteiger partial charge < -0.3 is 14.4 Å². The summed E-state index contributed by atoms with van der Waals surface area (Å²) in [5.74, 6) is 1.20. The third-order valence-electron chi connectivity index (χ3n) is 7.38. The van der Waals surface area contributed by atoms with Gasteiger partial charge in [0.25, 0.3) is 0 Å². The number of carbonyl (C=O) groups is 1. The molecule has 1 amide bonds. The van der Waals surface area contributed by atoms with Crippen LogP contribution in [0.3, 0.4) is 0 Å². The van der Waals surface area contributed by atoms with Gasteiger partial charge in [0.1, 0.15) is 5.82 Å². The first-order chi connectivity index (χ1) is 18.9. The van der Waals surface area contributed by atoms with Crippen LogP contribution in [0.25, 0.3) is 0 Å². The maximum absolute atomic E-state index is 14.8. The summed E-state index contributed by atoms with van der Waals surface area (Å²) in [5, 5.41) is 0. The second-order valence-corrected chi connectivity index (χ2v) is 10.7. The van der Waals surface area contributed by atoms with Gasteiger partial charge in [-0.15, -0.1) is 0 Å². The zero-order chi connectivity index (χ0) is 27.7. The van der Waals surface area contributed by atoms with E-state index in [-0.39, 0.29) is 11.7 Å². The van der Waals surface area contributed by atoms with E-state index in [2.05, 4.69) is 23.1 Å². The quantitative estimate of drug-likeness (QED) is 0.359. The number of nitrogens with zero attached hydrogens (tertiary/aromatic N) is 2. The van der Waals surface area contributed by atoms with Crippen molar-refractivity contribution >= 4 is 5.91 Å². The molecule has 1 aliphatic heterocycles. The van der Waals surface area contributed by atoms with E-state index in [4.69, 9.17) is 9.47 Å². The van der Waals surface area contributed by atoms with Crippen LogP contribution >= 0.6 is 0 Å². The SMILES string of the molecule is CCOc1cccc2c1OCCCCCN(C(=O)C(C)(C)c1ccccc1F)CCN(Cc1ccccc1)C2. The molecule has 0 N–H and O–H groups in total. The predicted molar refractivity (Wildman–Crippen MR) is 154 cm³/mol. The summed E-state index contributed by atoms with van der Waals surface area (Å²) in [6.45, 7) is 10.1. The lowest BCUT2D eigenvalue weighted by Crippen LogP contribution is -2.47. The van der Waals surface area contributed by atoms with Gasteiger partial charge >= 0.3 is 0 Å². The second kappa shape index (κ2) is 13.6. The molecule has 4 rings (SSSR count). The second-order valence-electron chi connectivity index (χ2n) is 10.7. The summed E-state index contributed by atoms with van der Waals surface area (Å²) >= 11 is 0. The Balaban J connectivity index is 1.63. The first-order valence-corrected chi connectivity index (χ1v) is 14.1. The van der Waals surface area contributed by atoms with Crippen molar-refractivity contribution in [2.24, 2.45) is 0 Å². The Morgan fingerprint density at radius 3 is 2.46 bits per heavy atom. The van der Waals surface area contributed by atoms with Gasteiger partial charge in [-0.05, 0) is 57.7 Å². The van der Waals surface area contributed by atoms with Gasteiger partial charge in [-0.2, -0.15) is 0 Å². The molecule has 0 atom stereocenters. The Labute approximate surface area is 232 Å². The highest BCUT2D eigenvalue weighted by Gasteiger charge is 2.35. The molecule has 3 aromatic carbocycles. The van der Waals surface area contributed by atoms with Gasteiger partial charge in [0.15, 0.2) is 11.5 Å². The Morgan fingerprint density at radius 1 is 0.923 bits per heavy atom. The molecule has 0 bridgehead atoms. The van der Waals surface area contributed by atoms with Gasteiger partial charge in [-0.3, -0.25) is 9.69 Å². The Hall–Kier alpha value is -3.38. The molecule has 0 radical (unpaired) electrons. The molecular weight excluding hydrogens is 491 g/mol. The number of ether oxygens (including phenoxy) is 2. The first kappa shape index (κ1) is 28.6. The molecule has 3 aromatic rings. The summed E-state index contributed by atoms with van der Waals surface area (Å²) in [7, 11) is 0. The predicted octanol–water partition coefficient (Wildman–Crippen LogP) is 6.60. The van der Waals surface area contributed by atoms with Crippen LogP contribution in [-0.2, 0) is 23.3 Å². The molecule has 39 heavy (non-hydrogen) atoms. The standard InChI is InChI=1S/C33H41FN2O3/c1-4-38-30-19-13-16-27-25-35(24-26-14-7-5-8-15-26)21-22-36(20-11-6-12-23-39-31(27)30)32(37)33(2,3)28-17-9-10-18-29(28)34/h5,7-10,13-19H,4,6,11-12,20-25H2,1-3H3. The summed E-state index contributed by atoms with van der Waals surface area (Å²) < 4.78 is 27.0. The van der Waals surface area contributed by atoms with Crippen LogP contribution in [0.5, 0.6) is 11.5 Å². The van der Waals surface area contributed by atoms with E-state index in [1.165, 1.54) is 11.6 Å². The molecule has 0 saturated carbocycles. The van der Waals surface area contributed by atoms with E-state index in [9.17, 15) is 9.18 Å². The van der Waals surface area contributed by atoms with E-state index < -0.39 is 5.41 Å². The van der Waals surface area contributed by atoms with E-state index in [0.29, 0.717) is 45.0 Å². The van der Waals surface area contributed by atoms with Crippen LogP contribution in [0.2, 0.25) is 0 Å². The number of rotatable bonds is 6. The Bertz CT molecular complexity index is 1210. The van der Waals surface area contributed by atoms with Crippen LogP contribution in [0.1, 0.15) is 56.7 Å². The Kier molecular flexibility index (Phi) is 9.99. The lowest BCUT2D eigenvalue weighted by atomic mass is 9.82. The number of fused-ring (bicyclic) bond motifs is 1. The van der Waals surface area contributed by atoms with Gasteiger partial charge in [0.2, 0.25) is 5.91 Å². The minimum Gasteiger partial charge on any atom is -0.490 e. The lowest BCUT2D eigenvalue weighted by Gasteiger charge is -2.34. The molecule has 1 aliphatic rings. The van der Waals surface area contributed by atoms with Crippen LogP contribution < -0.4 is 9.47 Å². The van der Waals surface area contributed by atoms with Crippen LogP contribution in [0.4, 0.5) is 4.39 Å². The monoisotopic (exact) mass is 532 g/mol. The number of amides is 1. The maximum Gasteiger partial charge on any atom is 0.232 e. The molecular formula is C33H41FN2O3. The minimum absolute atomic E-state index is 0.0441. The van der Waals surface area contributed by atoms with E-state index in [0.717, 1.165) is 42.9 Å². The van der Waals surface area contributed by atoms with Crippen molar-refractivity contribution in [2.75, 3.05) is 32.8 Å². The van der Waals surface area contributed by atoms with Gasteiger partial charge in [0.05, 0.1) is 18.6 Å². The maximum atomic E-state index is 14.8. The van der Waals surface area contributed by atoms with E-state index in [1.807, 2.05) is 56.0 Å². The summed E-state index contributed by atoms with van der Waals surface area (Å²) in [6.07, 6.45) is 2.68. The van der Waals surface area contributed by atoms with Crippen molar-refractivity contribution in [3.05, 3.63) is 95.3 Å². The molecule has 0 aliphatic carbocycles. The zero-order valence-electron chi connectivity index (χ0n) is 23.5. The highest BCUT2D eigenvalue weighted by molar-refractivity contribution is 5.87. The topological polar surface area (TPSA) is 42.0 Å². The molecule has 0 saturated heterocycles. The molecule has 208 valence electrons. The third kappa shape index (κ3) is 7.39. The van der Waals surface area contributed by atoms with Crippen molar-refractivity contribution in [1.82, 2.24) is 9.80 Å². The van der Waals surface area contributed by atoms with E-state index >= 15 is 0 Å². The molecule has 6 heteroatoms. The fourth-order valence-electron chi connectivity index (χ4n) is 5.23. The minimum atomic E-state index is -0.967. The highest BCUT2D eigenvalue weighted by atomic mass is 19.1. The van der Waals surface area contributed by atoms with E-state index in [1.54, 1.807) is 18.2 Å². The lowest BCUT2D eigenvalue weighted by molar-refractivity contribution is -0.136. The first-order valence-electron chi connectivity index (χ1n) is 14.1. The van der Waals surface area contributed by atoms with Crippen molar-refractivity contribution < 1.29 is 18.7 Å². The average Bonchev–Trinajstić information content (AvgIpc) is 2.95. The highest BCUT2D eigenvalue weighted by Crippen LogP contribution is 2.33. The fourth-order valence-corrected chi connectivity index (χ4v) is 5.23. The van der Waals surface area contributed by atoms with Gasteiger partial charge in [-0.1, -0.05) is 60.7 Å². The number of hydrogen-bond acceptors (Lipinski definition) is 4. The number of hydrogen-bond donors (Lipinski definition) is 0. The summed E-state index contributed by atoms with van der Waals surface area (Å²) in [6, 6.07) is 23.1. The van der Waals surface area contributed by atoms with Crippen LogP contribution in [0, 0.1) is 5.82 Å². The smallest absolute Gasteiger partial charge is 0.232 e. The van der Waals surface area contributed by atoms with Crippen molar-refractivity contribution in [1.29, 1.82) is 0 Å². The van der Waals surface area contributed by atoms with Crippen LogP contribution in [0.15, 0.2) is 72.8 Å². The normalized spacial score (nSPS) is 15.7. The zero-order valence-corrected chi connectivity index (χ0v) is 23.5. The summed E-state index contributed by atoms with van der Waals surface area (Å²) in [4.78, 5) is 18.2. The average molecular weight is 533 g/mol. The number of benzene rings is 3. The largest absolute Gasteiger partial charge is 0.490 e. The Morgan fingerprint density at radius 2 is 1.69 bits per heavy atom. The number of halogens is 1. The van der Waals surface area contributed by atoms with Crippen LogP contribution in [-0.4, -0.2) is 48.6 Å². The molecule has 0 spiro atoms. The van der Waals surface area contributed by atoms with Gasteiger partial charge in [-0.25, -0.2) is 4.39 Å². The summed E-state index contributed by atoms with van der Waals surface area (Å²) in [5.41, 5.74) is 1.74. The molecule has 0 fully saturated rings. The number of para-hydroxylation sites is 1. The fraction of sp³-hybridized carbons (Fsp3) is 0.424. The molecule has 5 nitrogen and oxygen atoms in total. The van der Waals surface area contributed by atoms with Crippen molar-refractivity contribution in [3.63, 3.8) is 0 Å². The van der Waals surface area contributed by atoms with Gasteiger partial charge in [0, 0.05) is 43.9 Å². The molecule has 1 heterocycles. The van der Waals surface area contributed by atoms with Crippen molar-refractivity contribution in [3.8, 4) is 11.5 Å².